The lowest BCUT2D eigenvalue weighted by Gasteiger charge is -2.24. The molecule has 18 heavy (non-hydrogen) atoms. The minimum Gasteiger partial charge on any atom is -0.365 e. The van der Waals surface area contributed by atoms with E-state index in [2.05, 4.69) is 52.9 Å². The van der Waals surface area contributed by atoms with Crippen molar-refractivity contribution in [3.8, 4) is 0 Å². The van der Waals surface area contributed by atoms with Gasteiger partial charge in [-0.25, -0.2) is 4.98 Å². The second-order valence-corrected chi connectivity index (χ2v) is 5.32. The molecule has 0 aliphatic carbocycles. The average molecular weight is 268 g/mol. The summed E-state index contributed by atoms with van der Waals surface area (Å²) in [6.07, 6.45) is 1.59. The summed E-state index contributed by atoms with van der Waals surface area (Å²) in [4.78, 5) is 15.5. The van der Waals surface area contributed by atoms with Gasteiger partial charge in [0.1, 0.15) is 5.52 Å². The van der Waals surface area contributed by atoms with Crippen molar-refractivity contribution in [2.75, 3.05) is 5.32 Å². The molecule has 2 heterocycles. The summed E-state index contributed by atoms with van der Waals surface area (Å²) >= 11 is 5.90. The zero-order valence-corrected chi connectivity index (χ0v) is 11.8. The van der Waals surface area contributed by atoms with Gasteiger partial charge in [0, 0.05) is 6.04 Å². The molecule has 98 valence electrons. The molecule has 0 bridgehead atoms. The number of aromatic nitrogens is 4. The quantitative estimate of drug-likeness (QED) is 0.836. The standard InChI is InChI=1S/C12H18ClN5/c1-6(2)7(3)8(4)16-11-9-10(15-5-14-9)17-12(13)18-11/h5-8H,1-4H3,(H2,14,15,16,17,18)/t7?,8-/m0/s1. The molecule has 0 amide bonds. The van der Waals surface area contributed by atoms with E-state index in [1.54, 1.807) is 6.33 Å². The van der Waals surface area contributed by atoms with Gasteiger partial charge in [0.15, 0.2) is 11.5 Å². The number of nitrogens with one attached hydrogen (secondary N) is 2. The lowest BCUT2D eigenvalue weighted by Crippen LogP contribution is -2.28. The third kappa shape index (κ3) is 2.56. The molecule has 2 aromatic rings. The van der Waals surface area contributed by atoms with Crippen molar-refractivity contribution >= 4 is 28.6 Å². The van der Waals surface area contributed by atoms with E-state index in [0.29, 0.717) is 23.3 Å². The van der Waals surface area contributed by atoms with E-state index < -0.39 is 0 Å². The van der Waals surface area contributed by atoms with Gasteiger partial charge in [-0.2, -0.15) is 9.97 Å². The normalized spacial score (nSPS) is 15.0. The predicted molar refractivity (Wildman–Crippen MR) is 73.8 cm³/mol. The number of hydrogen-bond donors (Lipinski definition) is 2. The van der Waals surface area contributed by atoms with Crippen molar-refractivity contribution in [2.24, 2.45) is 11.8 Å². The number of aromatic amines is 1. The Kier molecular flexibility index (Phi) is 3.71. The number of anilines is 1. The molecular weight excluding hydrogens is 250 g/mol. The summed E-state index contributed by atoms with van der Waals surface area (Å²) in [5, 5.41) is 3.60. The third-order valence-electron chi connectivity index (χ3n) is 3.46. The van der Waals surface area contributed by atoms with Gasteiger partial charge in [0.25, 0.3) is 0 Å². The van der Waals surface area contributed by atoms with Gasteiger partial charge in [-0.05, 0) is 30.4 Å². The topological polar surface area (TPSA) is 66.5 Å². The largest absolute Gasteiger partial charge is 0.365 e. The first-order chi connectivity index (χ1) is 8.49. The number of nitrogens with zero attached hydrogens (tertiary/aromatic N) is 3. The van der Waals surface area contributed by atoms with Crippen molar-refractivity contribution in [3.63, 3.8) is 0 Å². The predicted octanol–water partition coefficient (Wildman–Crippen LogP) is 3.10. The fraction of sp³-hybridized carbons (Fsp3) is 0.583. The highest BCUT2D eigenvalue weighted by molar-refractivity contribution is 6.28. The molecule has 0 aromatic carbocycles. The van der Waals surface area contributed by atoms with Crippen LogP contribution in [0.4, 0.5) is 5.82 Å². The second kappa shape index (κ2) is 5.10. The number of hydrogen-bond acceptors (Lipinski definition) is 4. The summed E-state index contributed by atoms with van der Waals surface area (Å²) in [6, 6.07) is 0.288. The van der Waals surface area contributed by atoms with E-state index in [4.69, 9.17) is 11.6 Å². The van der Waals surface area contributed by atoms with E-state index in [1.807, 2.05) is 0 Å². The van der Waals surface area contributed by atoms with Crippen LogP contribution in [0.3, 0.4) is 0 Å². The molecule has 1 unspecified atom stereocenters. The fourth-order valence-electron chi connectivity index (χ4n) is 1.83. The SMILES string of the molecule is CC(C)C(C)[C@H](C)Nc1nc(Cl)nc2[nH]cnc12. The number of H-pyrrole nitrogens is 1. The van der Waals surface area contributed by atoms with E-state index >= 15 is 0 Å². The molecule has 6 heteroatoms. The molecule has 0 aliphatic heterocycles. The molecule has 0 saturated heterocycles. The van der Waals surface area contributed by atoms with Gasteiger partial charge in [0.05, 0.1) is 6.33 Å². The molecule has 2 atom stereocenters. The van der Waals surface area contributed by atoms with E-state index in [0.717, 1.165) is 5.52 Å². The van der Waals surface area contributed by atoms with Crippen molar-refractivity contribution in [1.29, 1.82) is 0 Å². The molecule has 0 spiro atoms. The Morgan fingerprint density at radius 1 is 1.22 bits per heavy atom. The molecule has 2 aromatic heterocycles. The first-order valence-electron chi connectivity index (χ1n) is 6.12. The second-order valence-electron chi connectivity index (χ2n) is 4.98. The summed E-state index contributed by atoms with van der Waals surface area (Å²) in [6.45, 7) is 8.77. The number of fused-ring (bicyclic) bond motifs is 1. The van der Waals surface area contributed by atoms with Crippen LogP contribution in [0.5, 0.6) is 0 Å². The number of rotatable bonds is 4. The van der Waals surface area contributed by atoms with Crippen LogP contribution in [-0.2, 0) is 0 Å². The Bertz CT molecular complexity index is 536. The van der Waals surface area contributed by atoms with E-state index in [-0.39, 0.29) is 11.3 Å². The minimum absolute atomic E-state index is 0.221. The van der Waals surface area contributed by atoms with Crippen molar-refractivity contribution in [1.82, 2.24) is 19.9 Å². The maximum Gasteiger partial charge on any atom is 0.226 e. The Hall–Kier alpha value is -1.36. The van der Waals surface area contributed by atoms with Crippen LogP contribution >= 0.6 is 11.6 Å². The number of halogens is 1. The minimum atomic E-state index is 0.221. The molecule has 0 saturated carbocycles. The highest BCUT2D eigenvalue weighted by Crippen LogP contribution is 2.22. The van der Waals surface area contributed by atoms with Crippen molar-refractivity contribution < 1.29 is 0 Å². The van der Waals surface area contributed by atoms with Gasteiger partial charge >= 0.3 is 0 Å². The highest BCUT2D eigenvalue weighted by Gasteiger charge is 2.18. The van der Waals surface area contributed by atoms with Crippen molar-refractivity contribution in [2.45, 2.75) is 33.7 Å². The van der Waals surface area contributed by atoms with Crippen molar-refractivity contribution in [3.05, 3.63) is 11.6 Å². The average Bonchev–Trinajstić information content (AvgIpc) is 2.75. The van der Waals surface area contributed by atoms with E-state index in [1.165, 1.54) is 0 Å². The Balaban J connectivity index is 2.28. The van der Waals surface area contributed by atoms with E-state index in [9.17, 15) is 0 Å². The Morgan fingerprint density at radius 3 is 2.61 bits per heavy atom. The summed E-state index contributed by atoms with van der Waals surface area (Å²) in [7, 11) is 0. The fourth-order valence-corrected chi connectivity index (χ4v) is 2.00. The Labute approximate surface area is 111 Å². The highest BCUT2D eigenvalue weighted by atomic mass is 35.5. The molecule has 2 N–H and O–H groups in total. The van der Waals surface area contributed by atoms with Gasteiger partial charge in [0.2, 0.25) is 5.28 Å². The molecule has 0 radical (unpaired) electrons. The molecule has 0 aliphatic rings. The zero-order valence-electron chi connectivity index (χ0n) is 11.0. The summed E-state index contributed by atoms with van der Waals surface area (Å²) < 4.78 is 0. The monoisotopic (exact) mass is 267 g/mol. The van der Waals surface area contributed by atoms with Gasteiger partial charge < -0.3 is 10.3 Å². The van der Waals surface area contributed by atoms with Crippen LogP contribution < -0.4 is 5.32 Å². The smallest absolute Gasteiger partial charge is 0.226 e. The van der Waals surface area contributed by atoms with Crippen LogP contribution in [0.2, 0.25) is 5.28 Å². The van der Waals surface area contributed by atoms with Gasteiger partial charge in [-0.3, -0.25) is 0 Å². The van der Waals surface area contributed by atoms with Gasteiger partial charge in [-0.1, -0.05) is 20.8 Å². The number of imidazole rings is 1. The maximum absolute atomic E-state index is 5.90. The lowest BCUT2D eigenvalue weighted by atomic mass is 9.91. The first-order valence-corrected chi connectivity index (χ1v) is 6.50. The lowest BCUT2D eigenvalue weighted by molar-refractivity contribution is 0.378. The third-order valence-corrected chi connectivity index (χ3v) is 3.63. The van der Waals surface area contributed by atoms with Crippen LogP contribution in [0.1, 0.15) is 27.7 Å². The van der Waals surface area contributed by atoms with Crippen LogP contribution in [0, 0.1) is 11.8 Å². The zero-order chi connectivity index (χ0) is 13.3. The first kappa shape index (κ1) is 13.1. The summed E-state index contributed by atoms with van der Waals surface area (Å²) in [5.41, 5.74) is 1.38. The van der Waals surface area contributed by atoms with Gasteiger partial charge in [-0.15, -0.1) is 0 Å². The molecular formula is C12H18ClN5. The molecule has 5 nitrogen and oxygen atoms in total. The molecule has 0 fully saturated rings. The van der Waals surface area contributed by atoms with Crippen LogP contribution in [0.25, 0.3) is 11.2 Å². The van der Waals surface area contributed by atoms with Crippen LogP contribution in [0.15, 0.2) is 6.33 Å². The van der Waals surface area contributed by atoms with Crippen LogP contribution in [-0.4, -0.2) is 26.0 Å². The Morgan fingerprint density at radius 2 is 1.94 bits per heavy atom. The maximum atomic E-state index is 5.90. The molecule has 2 rings (SSSR count). The summed E-state index contributed by atoms with van der Waals surface area (Å²) in [5.74, 6) is 1.80.